The first kappa shape index (κ1) is 16.5. The lowest BCUT2D eigenvalue weighted by atomic mass is 9.80. The summed E-state index contributed by atoms with van der Waals surface area (Å²) in [5, 5.41) is 0. The summed E-state index contributed by atoms with van der Waals surface area (Å²) in [6, 6.07) is 0. The zero-order valence-corrected chi connectivity index (χ0v) is 11.7. The number of hydrogen-bond donors (Lipinski definition) is 0. The molecule has 0 heterocycles. The fourth-order valence-electron chi connectivity index (χ4n) is 1.69. The summed E-state index contributed by atoms with van der Waals surface area (Å²) in [7, 11) is 0. The molecule has 18 heavy (non-hydrogen) atoms. The van der Waals surface area contributed by atoms with Gasteiger partial charge >= 0.3 is 11.9 Å². The van der Waals surface area contributed by atoms with Crippen LogP contribution in [0, 0.1) is 17.3 Å². The van der Waals surface area contributed by atoms with Crippen LogP contribution in [0.3, 0.4) is 0 Å². The summed E-state index contributed by atoms with van der Waals surface area (Å²) in [5.74, 6) is 4.60. The lowest BCUT2D eigenvalue weighted by Gasteiger charge is -2.27. The van der Waals surface area contributed by atoms with Gasteiger partial charge in [0.15, 0.2) is 5.41 Å². The second kappa shape index (κ2) is 8.57. The topological polar surface area (TPSA) is 52.6 Å². The molecular formula is C14H22O4. The van der Waals surface area contributed by atoms with Crippen molar-refractivity contribution in [2.45, 2.75) is 47.0 Å². The maximum Gasteiger partial charge on any atom is 0.323 e. The first-order valence-corrected chi connectivity index (χ1v) is 6.33. The highest BCUT2D eigenvalue weighted by Crippen LogP contribution is 2.31. The third-order valence-electron chi connectivity index (χ3n) is 2.79. The van der Waals surface area contributed by atoms with E-state index in [0.29, 0.717) is 19.3 Å². The number of carbonyl (C=O) groups excluding carboxylic acids is 2. The molecular weight excluding hydrogens is 232 g/mol. The molecule has 0 saturated heterocycles. The van der Waals surface area contributed by atoms with Gasteiger partial charge in [0.2, 0.25) is 0 Å². The van der Waals surface area contributed by atoms with Gasteiger partial charge in [-0.05, 0) is 33.6 Å². The average Bonchev–Trinajstić information content (AvgIpc) is 2.35. The van der Waals surface area contributed by atoms with Crippen molar-refractivity contribution < 1.29 is 19.1 Å². The van der Waals surface area contributed by atoms with Gasteiger partial charge in [-0.3, -0.25) is 9.59 Å². The molecule has 4 nitrogen and oxygen atoms in total. The highest BCUT2D eigenvalue weighted by Gasteiger charge is 2.46. The summed E-state index contributed by atoms with van der Waals surface area (Å²) >= 11 is 0. The van der Waals surface area contributed by atoms with Gasteiger partial charge in [0.1, 0.15) is 0 Å². The number of rotatable bonds is 7. The molecule has 0 saturated carbocycles. The summed E-state index contributed by atoms with van der Waals surface area (Å²) < 4.78 is 10.0. The molecule has 0 aromatic carbocycles. The molecule has 0 aromatic heterocycles. The smallest absolute Gasteiger partial charge is 0.323 e. The van der Waals surface area contributed by atoms with Gasteiger partial charge in [-0.25, -0.2) is 0 Å². The van der Waals surface area contributed by atoms with E-state index in [1.165, 1.54) is 0 Å². The van der Waals surface area contributed by atoms with Crippen molar-refractivity contribution in [2.75, 3.05) is 13.2 Å². The second-order valence-corrected chi connectivity index (χ2v) is 3.80. The number of carbonyl (C=O) groups is 2. The molecule has 0 radical (unpaired) electrons. The maximum atomic E-state index is 12.0. The lowest BCUT2D eigenvalue weighted by molar-refractivity contribution is -0.173. The highest BCUT2D eigenvalue weighted by atomic mass is 16.6. The van der Waals surface area contributed by atoms with E-state index < -0.39 is 17.4 Å². The van der Waals surface area contributed by atoms with Crippen LogP contribution >= 0.6 is 0 Å². The Kier molecular flexibility index (Phi) is 7.86. The Balaban J connectivity index is 5.08. The standard InChI is InChI=1S/C14H22O4/c1-5-9-10-11-14(6-2,12(15)17-7-3)13(16)18-8-4/h6-8,10-11H2,1-4H3. The molecule has 4 heteroatoms. The van der Waals surface area contributed by atoms with Crippen LogP contribution in [0.2, 0.25) is 0 Å². The molecule has 102 valence electrons. The van der Waals surface area contributed by atoms with Gasteiger partial charge in [-0.1, -0.05) is 6.92 Å². The van der Waals surface area contributed by atoms with Gasteiger partial charge < -0.3 is 9.47 Å². The molecule has 0 N–H and O–H groups in total. The van der Waals surface area contributed by atoms with Crippen molar-refractivity contribution in [1.29, 1.82) is 0 Å². The molecule has 0 aromatic rings. The van der Waals surface area contributed by atoms with Gasteiger partial charge in [-0.15, -0.1) is 11.8 Å². The number of ether oxygens (including phenoxy) is 2. The van der Waals surface area contributed by atoms with Crippen molar-refractivity contribution in [2.24, 2.45) is 5.41 Å². The molecule has 0 unspecified atom stereocenters. The van der Waals surface area contributed by atoms with Crippen LogP contribution in [0.5, 0.6) is 0 Å². The molecule has 0 aliphatic heterocycles. The van der Waals surface area contributed by atoms with E-state index >= 15 is 0 Å². The Labute approximate surface area is 109 Å². The van der Waals surface area contributed by atoms with Gasteiger partial charge in [-0.2, -0.15) is 0 Å². The van der Waals surface area contributed by atoms with Gasteiger partial charge in [0, 0.05) is 6.42 Å². The predicted octanol–water partition coefficient (Wildman–Crippen LogP) is 2.31. The summed E-state index contributed by atoms with van der Waals surface area (Å²) in [6.45, 7) is 7.44. The van der Waals surface area contributed by atoms with Crippen LogP contribution in [0.15, 0.2) is 0 Å². The molecule has 0 aliphatic rings. The van der Waals surface area contributed by atoms with Crippen LogP contribution in [-0.4, -0.2) is 25.2 Å². The van der Waals surface area contributed by atoms with Crippen LogP contribution in [0.25, 0.3) is 0 Å². The monoisotopic (exact) mass is 254 g/mol. The molecule has 0 amide bonds. The van der Waals surface area contributed by atoms with Crippen LogP contribution in [-0.2, 0) is 19.1 Å². The lowest BCUT2D eigenvalue weighted by Crippen LogP contribution is -2.41. The largest absolute Gasteiger partial charge is 0.465 e. The zero-order valence-electron chi connectivity index (χ0n) is 11.7. The van der Waals surface area contributed by atoms with Crippen LogP contribution in [0.1, 0.15) is 47.0 Å². The highest BCUT2D eigenvalue weighted by molar-refractivity contribution is 6.00. The van der Waals surface area contributed by atoms with Crippen LogP contribution < -0.4 is 0 Å². The summed E-state index contributed by atoms with van der Waals surface area (Å²) in [4.78, 5) is 24.1. The van der Waals surface area contributed by atoms with Crippen molar-refractivity contribution in [1.82, 2.24) is 0 Å². The Hall–Kier alpha value is -1.50. The van der Waals surface area contributed by atoms with Crippen molar-refractivity contribution >= 4 is 11.9 Å². The quantitative estimate of drug-likeness (QED) is 0.397. The molecule has 0 fully saturated rings. The Morgan fingerprint density at radius 1 is 1.06 bits per heavy atom. The SMILES string of the molecule is CC#CCCC(CC)(C(=O)OCC)C(=O)OCC. The zero-order chi connectivity index (χ0) is 14.0. The molecule has 0 bridgehead atoms. The molecule has 0 atom stereocenters. The number of esters is 2. The van der Waals surface area contributed by atoms with E-state index in [1.807, 2.05) is 0 Å². The molecule has 0 spiro atoms. The van der Waals surface area contributed by atoms with Crippen LogP contribution in [0.4, 0.5) is 0 Å². The summed E-state index contributed by atoms with van der Waals surface area (Å²) in [5.41, 5.74) is -1.21. The Bertz CT molecular complexity index is 317. The summed E-state index contributed by atoms with van der Waals surface area (Å²) in [6.07, 6.45) is 1.17. The third kappa shape index (κ3) is 4.06. The Morgan fingerprint density at radius 3 is 1.89 bits per heavy atom. The van der Waals surface area contributed by atoms with Crippen molar-refractivity contribution in [3.8, 4) is 11.8 Å². The normalized spacial score (nSPS) is 10.2. The predicted molar refractivity (Wildman–Crippen MR) is 68.7 cm³/mol. The van der Waals surface area contributed by atoms with Gasteiger partial charge in [0.25, 0.3) is 0 Å². The fraction of sp³-hybridized carbons (Fsp3) is 0.714. The van der Waals surface area contributed by atoms with E-state index in [0.717, 1.165) is 0 Å². The Morgan fingerprint density at radius 2 is 1.56 bits per heavy atom. The van der Waals surface area contributed by atoms with E-state index in [2.05, 4.69) is 11.8 Å². The van der Waals surface area contributed by atoms with E-state index in [4.69, 9.17) is 9.47 Å². The minimum Gasteiger partial charge on any atom is -0.465 e. The van der Waals surface area contributed by atoms with E-state index in [1.54, 1.807) is 27.7 Å². The molecule has 0 aliphatic carbocycles. The fourth-order valence-corrected chi connectivity index (χ4v) is 1.69. The minimum atomic E-state index is -1.21. The average molecular weight is 254 g/mol. The first-order valence-electron chi connectivity index (χ1n) is 6.33. The van der Waals surface area contributed by atoms with E-state index in [9.17, 15) is 9.59 Å². The first-order chi connectivity index (χ1) is 8.58. The second-order valence-electron chi connectivity index (χ2n) is 3.80. The maximum absolute atomic E-state index is 12.0. The number of hydrogen-bond acceptors (Lipinski definition) is 4. The minimum absolute atomic E-state index is 0.249. The van der Waals surface area contributed by atoms with Crippen molar-refractivity contribution in [3.63, 3.8) is 0 Å². The van der Waals surface area contributed by atoms with Gasteiger partial charge in [0.05, 0.1) is 13.2 Å². The molecule has 0 rings (SSSR count). The van der Waals surface area contributed by atoms with Crippen molar-refractivity contribution in [3.05, 3.63) is 0 Å². The van der Waals surface area contributed by atoms with E-state index in [-0.39, 0.29) is 13.2 Å². The third-order valence-corrected chi connectivity index (χ3v) is 2.79.